The molecule has 1 N–H and O–H groups in total. The fraction of sp³-hybridized carbons (Fsp3) is 0.214. The lowest BCUT2D eigenvalue weighted by Gasteiger charge is -2.08. The van der Waals surface area contributed by atoms with Gasteiger partial charge in [-0.25, -0.2) is 4.39 Å². The van der Waals surface area contributed by atoms with Crippen LogP contribution in [0.5, 0.6) is 11.5 Å². The summed E-state index contributed by atoms with van der Waals surface area (Å²) in [6.07, 6.45) is 3.41. The molecule has 0 amide bonds. The Labute approximate surface area is 106 Å². The van der Waals surface area contributed by atoms with Gasteiger partial charge in [0, 0.05) is 12.7 Å². The monoisotopic (exact) mass is 246 g/mol. The van der Waals surface area contributed by atoms with Crippen LogP contribution in [0.25, 0.3) is 0 Å². The minimum Gasteiger partial charge on any atom is -0.456 e. The van der Waals surface area contributed by atoms with Gasteiger partial charge in [0.1, 0.15) is 17.3 Å². The van der Waals surface area contributed by atoms with E-state index in [9.17, 15) is 4.39 Å². The second kappa shape index (κ2) is 5.60. The van der Waals surface area contributed by atoms with Crippen LogP contribution in [-0.2, 0) is 6.54 Å². The number of rotatable bonds is 4. The molecule has 0 unspecified atom stereocenters. The van der Waals surface area contributed by atoms with Gasteiger partial charge in [-0.3, -0.25) is 4.98 Å². The summed E-state index contributed by atoms with van der Waals surface area (Å²) < 4.78 is 18.8. The Kier molecular flexibility index (Phi) is 3.89. The lowest BCUT2D eigenvalue weighted by atomic mass is 10.2. The first kappa shape index (κ1) is 12.5. The van der Waals surface area contributed by atoms with E-state index in [1.54, 1.807) is 31.5 Å². The topological polar surface area (TPSA) is 34.2 Å². The van der Waals surface area contributed by atoms with Crippen LogP contribution < -0.4 is 10.1 Å². The van der Waals surface area contributed by atoms with Crippen molar-refractivity contribution in [3.8, 4) is 11.5 Å². The predicted molar refractivity (Wildman–Crippen MR) is 68.2 cm³/mol. The zero-order chi connectivity index (χ0) is 13.0. The van der Waals surface area contributed by atoms with Gasteiger partial charge in [-0.15, -0.1) is 0 Å². The summed E-state index contributed by atoms with van der Waals surface area (Å²) in [6.45, 7) is 2.44. The third kappa shape index (κ3) is 3.05. The first-order chi connectivity index (χ1) is 8.69. The molecule has 3 nitrogen and oxygen atoms in total. The van der Waals surface area contributed by atoms with Gasteiger partial charge in [0.15, 0.2) is 0 Å². The molecule has 18 heavy (non-hydrogen) atoms. The molecule has 0 aliphatic carbocycles. The highest BCUT2D eigenvalue weighted by Gasteiger charge is 2.02. The fourth-order valence-corrected chi connectivity index (χ4v) is 1.64. The number of pyridine rings is 1. The number of ether oxygens (including phenoxy) is 1. The molecule has 0 atom stereocenters. The van der Waals surface area contributed by atoms with Crippen molar-refractivity contribution in [1.29, 1.82) is 0 Å². The van der Waals surface area contributed by atoms with E-state index >= 15 is 0 Å². The van der Waals surface area contributed by atoms with E-state index in [0.29, 0.717) is 17.1 Å². The summed E-state index contributed by atoms with van der Waals surface area (Å²) in [5.74, 6) is 1.02. The van der Waals surface area contributed by atoms with Gasteiger partial charge in [-0.05, 0) is 49.4 Å². The number of hydrogen-bond acceptors (Lipinski definition) is 3. The van der Waals surface area contributed by atoms with E-state index in [2.05, 4.69) is 10.3 Å². The molecule has 1 aromatic carbocycles. The number of halogens is 1. The second-order valence-corrected chi connectivity index (χ2v) is 4.07. The van der Waals surface area contributed by atoms with E-state index in [1.165, 1.54) is 6.07 Å². The van der Waals surface area contributed by atoms with E-state index in [4.69, 9.17) is 4.74 Å². The number of hydrogen-bond donors (Lipinski definition) is 1. The smallest absolute Gasteiger partial charge is 0.146 e. The summed E-state index contributed by atoms with van der Waals surface area (Å²) in [5.41, 5.74) is 1.60. The average molecular weight is 246 g/mol. The van der Waals surface area contributed by atoms with Crippen LogP contribution >= 0.6 is 0 Å². The Morgan fingerprint density at radius 3 is 2.78 bits per heavy atom. The van der Waals surface area contributed by atoms with E-state index in [0.717, 1.165) is 12.1 Å². The quantitative estimate of drug-likeness (QED) is 0.900. The second-order valence-electron chi connectivity index (χ2n) is 4.07. The molecule has 0 saturated heterocycles. The van der Waals surface area contributed by atoms with Crippen molar-refractivity contribution in [3.05, 3.63) is 53.6 Å². The predicted octanol–water partition coefficient (Wildman–Crippen LogP) is 3.04. The summed E-state index contributed by atoms with van der Waals surface area (Å²) >= 11 is 0. The average Bonchev–Trinajstić information content (AvgIpc) is 2.35. The van der Waals surface area contributed by atoms with E-state index in [1.807, 2.05) is 13.1 Å². The molecule has 0 bridgehead atoms. The van der Waals surface area contributed by atoms with Crippen LogP contribution in [0.1, 0.15) is 11.1 Å². The Morgan fingerprint density at radius 2 is 2.06 bits per heavy atom. The maximum absolute atomic E-state index is 13.1. The molecule has 0 aliphatic rings. The van der Waals surface area contributed by atoms with E-state index < -0.39 is 0 Å². The standard InChI is InChI=1S/C14H15FN2O/c1-10-5-12(3-4-14(10)15)18-13-6-11(7-16-2)8-17-9-13/h3-6,8-9,16H,7H2,1-2H3. The highest BCUT2D eigenvalue weighted by Crippen LogP contribution is 2.23. The third-order valence-electron chi connectivity index (χ3n) is 2.52. The van der Waals surface area contributed by atoms with Crippen LogP contribution in [0, 0.1) is 12.7 Å². The number of benzene rings is 1. The van der Waals surface area contributed by atoms with Gasteiger partial charge >= 0.3 is 0 Å². The molecule has 2 aromatic rings. The minimum atomic E-state index is -0.232. The first-order valence-electron chi connectivity index (χ1n) is 5.71. The Morgan fingerprint density at radius 1 is 1.22 bits per heavy atom. The molecule has 0 spiro atoms. The van der Waals surface area contributed by atoms with Crippen molar-refractivity contribution >= 4 is 0 Å². The largest absolute Gasteiger partial charge is 0.456 e. The molecular formula is C14H15FN2O. The SMILES string of the molecule is CNCc1cncc(Oc2ccc(F)c(C)c2)c1. The summed E-state index contributed by atoms with van der Waals surface area (Å²) in [7, 11) is 1.87. The van der Waals surface area contributed by atoms with Crippen molar-refractivity contribution in [2.24, 2.45) is 0 Å². The zero-order valence-electron chi connectivity index (χ0n) is 10.4. The van der Waals surface area contributed by atoms with Crippen molar-refractivity contribution in [3.63, 3.8) is 0 Å². The number of nitrogens with zero attached hydrogens (tertiary/aromatic N) is 1. The molecule has 1 heterocycles. The van der Waals surface area contributed by atoms with Crippen molar-refractivity contribution in [1.82, 2.24) is 10.3 Å². The third-order valence-corrected chi connectivity index (χ3v) is 2.52. The van der Waals surface area contributed by atoms with Crippen LogP contribution in [0.4, 0.5) is 4.39 Å². The van der Waals surface area contributed by atoms with Gasteiger partial charge in [-0.1, -0.05) is 0 Å². The maximum atomic E-state index is 13.1. The highest BCUT2D eigenvalue weighted by molar-refractivity contribution is 5.34. The molecule has 0 radical (unpaired) electrons. The van der Waals surface area contributed by atoms with E-state index in [-0.39, 0.29) is 5.82 Å². The molecule has 4 heteroatoms. The molecule has 1 aromatic heterocycles. The minimum absolute atomic E-state index is 0.232. The van der Waals surface area contributed by atoms with Crippen molar-refractivity contribution in [2.45, 2.75) is 13.5 Å². The lowest BCUT2D eigenvalue weighted by molar-refractivity contribution is 0.476. The van der Waals surface area contributed by atoms with Gasteiger partial charge in [0.2, 0.25) is 0 Å². The number of aromatic nitrogens is 1. The lowest BCUT2D eigenvalue weighted by Crippen LogP contribution is -2.05. The molecule has 0 aliphatic heterocycles. The number of aryl methyl sites for hydroxylation is 1. The van der Waals surface area contributed by atoms with Crippen LogP contribution in [0.2, 0.25) is 0 Å². The van der Waals surface area contributed by atoms with Gasteiger partial charge in [-0.2, -0.15) is 0 Å². The normalized spacial score (nSPS) is 10.4. The van der Waals surface area contributed by atoms with Crippen LogP contribution in [0.3, 0.4) is 0 Å². The van der Waals surface area contributed by atoms with Crippen molar-refractivity contribution < 1.29 is 9.13 Å². The summed E-state index contributed by atoms with van der Waals surface area (Å²) in [5, 5.41) is 3.05. The van der Waals surface area contributed by atoms with Crippen molar-refractivity contribution in [2.75, 3.05) is 7.05 Å². The van der Waals surface area contributed by atoms with Gasteiger partial charge < -0.3 is 10.1 Å². The summed E-state index contributed by atoms with van der Waals surface area (Å²) in [6, 6.07) is 6.57. The van der Waals surface area contributed by atoms with Gasteiger partial charge in [0.05, 0.1) is 6.20 Å². The van der Waals surface area contributed by atoms with Gasteiger partial charge in [0.25, 0.3) is 0 Å². The number of nitrogens with one attached hydrogen (secondary N) is 1. The molecule has 2 rings (SSSR count). The molecule has 0 fully saturated rings. The summed E-state index contributed by atoms with van der Waals surface area (Å²) in [4.78, 5) is 4.10. The Bertz CT molecular complexity index is 543. The zero-order valence-corrected chi connectivity index (χ0v) is 10.4. The van der Waals surface area contributed by atoms with Crippen LogP contribution in [-0.4, -0.2) is 12.0 Å². The maximum Gasteiger partial charge on any atom is 0.146 e. The molecule has 94 valence electrons. The Balaban J connectivity index is 2.17. The highest BCUT2D eigenvalue weighted by atomic mass is 19.1. The fourth-order valence-electron chi connectivity index (χ4n) is 1.64. The first-order valence-corrected chi connectivity index (χ1v) is 5.71. The molecular weight excluding hydrogens is 231 g/mol. The molecule has 0 saturated carbocycles. The Hall–Kier alpha value is -1.94. The van der Waals surface area contributed by atoms with Crippen LogP contribution in [0.15, 0.2) is 36.7 Å².